The Morgan fingerprint density at radius 2 is 1.93 bits per heavy atom. The Hall–Kier alpha value is -1.16. The number of hydrogen-bond donors (Lipinski definition) is 1. The van der Waals surface area contributed by atoms with Crippen molar-refractivity contribution in [3.63, 3.8) is 0 Å². The quantitative estimate of drug-likeness (QED) is 0.826. The van der Waals surface area contributed by atoms with Crippen LogP contribution in [0.15, 0.2) is 22.7 Å². The molecule has 0 radical (unpaired) electrons. The van der Waals surface area contributed by atoms with E-state index in [1.807, 2.05) is 0 Å². The van der Waals surface area contributed by atoms with Gasteiger partial charge < -0.3 is 5.32 Å². The van der Waals surface area contributed by atoms with E-state index in [1.165, 1.54) is 13.8 Å². The molecular weight excluding hydrogens is 246 g/mol. The first-order valence-electron chi connectivity index (χ1n) is 4.09. The highest BCUT2D eigenvalue weighted by Crippen LogP contribution is 2.21. The number of carbonyl (C=O) groups is 2. The predicted octanol–water partition coefficient (Wildman–Crippen LogP) is 2.61. The van der Waals surface area contributed by atoms with E-state index < -0.39 is 0 Å². The normalized spacial score (nSPS) is 9.64. The Kier molecular flexibility index (Phi) is 3.41. The fraction of sp³-hybridized carbons (Fsp3) is 0.200. The van der Waals surface area contributed by atoms with Crippen LogP contribution in [-0.4, -0.2) is 11.7 Å². The molecule has 0 aliphatic carbocycles. The summed E-state index contributed by atoms with van der Waals surface area (Å²) in [6.45, 7) is 2.91. The molecule has 1 aromatic carbocycles. The third-order valence-corrected chi connectivity index (χ3v) is 2.36. The lowest BCUT2D eigenvalue weighted by Crippen LogP contribution is -2.06. The third kappa shape index (κ3) is 2.67. The first kappa shape index (κ1) is 10.9. The highest BCUT2D eigenvalue weighted by molar-refractivity contribution is 9.10. The summed E-state index contributed by atoms with van der Waals surface area (Å²) in [6, 6.07) is 5.12. The molecule has 0 aliphatic heterocycles. The van der Waals surface area contributed by atoms with Gasteiger partial charge in [0.25, 0.3) is 0 Å². The van der Waals surface area contributed by atoms with Gasteiger partial charge in [0.05, 0.1) is 0 Å². The van der Waals surface area contributed by atoms with Crippen LogP contribution >= 0.6 is 15.9 Å². The first-order valence-corrected chi connectivity index (χ1v) is 4.88. The number of carbonyl (C=O) groups excluding carboxylic acids is 2. The van der Waals surface area contributed by atoms with Gasteiger partial charge in [-0.2, -0.15) is 0 Å². The number of Topliss-reactive ketones (excluding diaryl/α,β-unsaturated/α-hetero) is 1. The summed E-state index contributed by atoms with van der Waals surface area (Å²) in [4.78, 5) is 21.9. The minimum atomic E-state index is -0.151. The molecule has 0 saturated heterocycles. The van der Waals surface area contributed by atoms with Gasteiger partial charge in [0.15, 0.2) is 5.78 Å². The molecular formula is C10H10BrNO2. The standard InChI is InChI=1S/C10H10BrNO2/c1-6(13)9-5-8(12-7(2)14)3-4-10(9)11/h3-5H,1-2H3,(H,12,14). The van der Waals surface area contributed by atoms with Gasteiger partial charge in [0, 0.05) is 22.6 Å². The van der Waals surface area contributed by atoms with Crippen LogP contribution < -0.4 is 5.32 Å². The van der Waals surface area contributed by atoms with Gasteiger partial charge in [-0.25, -0.2) is 0 Å². The number of ketones is 1. The maximum Gasteiger partial charge on any atom is 0.221 e. The number of halogens is 1. The highest BCUT2D eigenvalue weighted by atomic mass is 79.9. The number of rotatable bonds is 2. The Bertz CT molecular complexity index is 388. The third-order valence-electron chi connectivity index (χ3n) is 1.67. The molecule has 0 spiro atoms. The van der Waals surface area contributed by atoms with E-state index in [0.29, 0.717) is 11.3 Å². The zero-order valence-corrected chi connectivity index (χ0v) is 9.51. The molecule has 0 atom stereocenters. The molecule has 1 aromatic rings. The molecule has 0 saturated carbocycles. The molecule has 1 amide bonds. The van der Waals surface area contributed by atoms with Crippen molar-refractivity contribution in [1.29, 1.82) is 0 Å². The summed E-state index contributed by atoms with van der Waals surface area (Å²) in [5.41, 5.74) is 1.20. The Morgan fingerprint density at radius 1 is 1.29 bits per heavy atom. The minimum absolute atomic E-state index is 0.0379. The van der Waals surface area contributed by atoms with E-state index in [4.69, 9.17) is 0 Å². The van der Waals surface area contributed by atoms with Crippen molar-refractivity contribution in [2.45, 2.75) is 13.8 Å². The van der Waals surface area contributed by atoms with Gasteiger partial charge in [-0.1, -0.05) is 15.9 Å². The average molecular weight is 256 g/mol. The molecule has 0 unspecified atom stereocenters. The van der Waals surface area contributed by atoms with Gasteiger partial charge in [0.2, 0.25) is 5.91 Å². The summed E-state index contributed by atoms with van der Waals surface area (Å²) < 4.78 is 0.735. The van der Waals surface area contributed by atoms with Gasteiger partial charge in [0.1, 0.15) is 0 Å². The molecule has 74 valence electrons. The first-order chi connectivity index (χ1) is 6.50. The summed E-state index contributed by atoms with van der Waals surface area (Å²) >= 11 is 3.26. The maximum absolute atomic E-state index is 11.2. The largest absolute Gasteiger partial charge is 0.326 e. The van der Waals surface area contributed by atoms with Crippen molar-refractivity contribution in [2.75, 3.05) is 5.32 Å². The van der Waals surface area contributed by atoms with Gasteiger partial charge >= 0.3 is 0 Å². The topological polar surface area (TPSA) is 46.2 Å². The fourth-order valence-electron chi connectivity index (χ4n) is 1.08. The van der Waals surface area contributed by atoms with Gasteiger partial charge in [-0.15, -0.1) is 0 Å². The van der Waals surface area contributed by atoms with Crippen LogP contribution in [0.5, 0.6) is 0 Å². The second kappa shape index (κ2) is 4.37. The zero-order valence-electron chi connectivity index (χ0n) is 7.93. The summed E-state index contributed by atoms with van der Waals surface area (Å²) in [5.74, 6) is -0.189. The summed E-state index contributed by atoms with van der Waals surface area (Å²) in [5, 5.41) is 2.62. The van der Waals surface area contributed by atoms with Crippen molar-refractivity contribution in [3.8, 4) is 0 Å². The number of anilines is 1. The summed E-state index contributed by atoms with van der Waals surface area (Å²) in [7, 11) is 0. The molecule has 1 N–H and O–H groups in total. The van der Waals surface area contributed by atoms with Crippen LogP contribution in [0.2, 0.25) is 0 Å². The average Bonchev–Trinajstić information content (AvgIpc) is 2.07. The molecule has 3 nitrogen and oxygen atoms in total. The second-order valence-electron chi connectivity index (χ2n) is 2.93. The molecule has 0 bridgehead atoms. The van der Waals surface area contributed by atoms with Crippen LogP contribution in [0, 0.1) is 0 Å². The highest BCUT2D eigenvalue weighted by Gasteiger charge is 2.06. The Labute approximate surface area is 90.6 Å². The number of hydrogen-bond acceptors (Lipinski definition) is 2. The van der Waals surface area contributed by atoms with Crippen LogP contribution in [0.1, 0.15) is 24.2 Å². The number of amides is 1. The van der Waals surface area contributed by atoms with E-state index >= 15 is 0 Å². The zero-order chi connectivity index (χ0) is 10.7. The van der Waals surface area contributed by atoms with E-state index in [0.717, 1.165) is 4.47 Å². The second-order valence-corrected chi connectivity index (χ2v) is 3.79. The summed E-state index contributed by atoms with van der Waals surface area (Å²) in [6.07, 6.45) is 0. The molecule has 0 aromatic heterocycles. The van der Waals surface area contributed by atoms with E-state index in [1.54, 1.807) is 18.2 Å². The van der Waals surface area contributed by atoms with E-state index in [2.05, 4.69) is 21.2 Å². The van der Waals surface area contributed by atoms with E-state index in [9.17, 15) is 9.59 Å². The number of benzene rings is 1. The molecule has 4 heteroatoms. The van der Waals surface area contributed by atoms with Crippen molar-refractivity contribution in [1.82, 2.24) is 0 Å². The van der Waals surface area contributed by atoms with E-state index in [-0.39, 0.29) is 11.7 Å². The van der Waals surface area contributed by atoms with Crippen LogP contribution in [0.4, 0.5) is 5.69 Å². The Morgan fingerprint density at radius 3 is 2.43 bits per heavy atom. The number of nitrogens with one attached hydrogen (secondary N) is 1. The van der Waals surface area contributed by atoms with Crippen LogP contribution in [0.25, 0.3) is 0 Å². The molecule has 0 aliphatic rings. The SMILES string of the molecule is CC(=O)Nc1ccc(Br)c(C(C)=O)c1. The maximum atomic E-state index is 11.2. The molecule has 0 fully saturated rings. The lowest BCUT2D eigenvalue weighted by molar-refractivity contribution is -0.114. The Balaban J connectivity index is 3.06. The van der Waals surface area contributed by atoms with Crippen molar-refractivity contribution >= 4 is 33.3 Å². The fourth-order valence-corrected chi connectivity index (χ4v) is 1.60. The van der Waals surface area contributed by atoms with Crippen molar-refractivity contribution in [3.05, 3.63) is 28.2 Å². The monoisotopic (exact) mass is 255 g/mol. The smallest absolute Gasteiger partial charge is 0.221 e. The van der Waals surface area contributed by atoms with Crippen molar-refractivity contribution < 1.29 is 9.59 Å². The van der Waals surface area contributed by atoms with Gasteiger partial charge in [-0.3, -0.25) is 9.59 Å². The molecule has 1 rings (SSSR count). The van der Waals surface area contributed by atoms with Crippen LogP contribution in [0.3, 0.4) is 0 Å². The molecule has 0 heterocycles. The minimum Gasteiger partial charge on any atom is -0.326 e. The van der Waals surface area contributed by atoms with Gasteiger partial charge in [-0.05, 0) is 25.1 Å². The lowest BCUT2D eigenvalue weighted by Gasteiger charge is -2.05. The lowest BCUT2D eigenvalue weighted by atomic mass is 10.1. The molecule has 14 heavy (non-hydrogen) atoms. The predicted molar refractivity (Wildman–Crippen MR) is 58.5 cm³/mol. The van der Waals surface area contributed by atoms with Crippen molar-refractivity contribution in [2.24, 2.45) is 0 Å². The van der Waals surface area contributed by atoms with Crippen LogP contribution in [-0.2, 0) is 4.79 Å².